The Labute approximate surface area is 149 Å². The van der Waals surface area contributed by atoms with E-state index < -0.39 is 0 Å². The van der Waals surface area contributed by atoms with Crippen LogP contribution in [0.1, 0.15) is 64.5 Å². The Kier molecular flexibility index (Phi) is 3.44. The fraction of sp³-hybridized carbons (Fsp3) is 0.619. The maximum Gasteiger partial charge on any atom is 0.157 e. The van der Waals surface area contributed by atoms with Crippen LogP contribution < -0.4 is 5.32 Å². The fourth-order valence-corrected chi connectivity index (χ4v) is 5.30. The zero-order chi connectivity index (χ0) is 17.0. The normalized spacial score (nSPS) is 28.5. The lowest BCUT2D eigenvalue weighted by Crippen LogP contribution is -2.47. The zero-order valence-electron chi connectivity index (χ0n) is 15.3. The Morgan fingerprint density at radius 3 is 2.80 bits per heavy atom. The third-order valence-corrected chi connectivity index (χ3v) is 7.12. The summed E-state index contributed by atoms with van der Waals surface area (Å²) in [6.45, 7) is 4.87. The standard InChI is InChI=1S/C21H28N4/c1-21(2)14-8-9-16(17(21)12-14)19-20(23-15-6-4-3-5-7-15)25-11-10-22-13-18(25)24-19/h9-11,13-15,17,23H,3-8,12H2,1-2H3/t14-,17?/m0/s1. The highest BCUT2D eigenvalue weighted by Gasteiger charge is 2.52. The summed E-state index contributed by atoms with van der Waals surface area (Å²) in [5.41, 5.74) is 4.01. The van der Waals surface area contributed by atoms with E-state index >= 15 is 0 Å². The minimum absolute atomic E-state index is 0.417. The van der Waals surface area contributed by atoms with Gasteiger partial charge in [-0.2, -0.15) is 0 Å². The smallest absolute Gasteiger partial charge is 0.157 e. The fourth-order valence-electron chi connectivity index (χ4n) is 5.30. The topological polar surface area (TPSA) is 42.2 Å². The predicted octanol–water partition coefficient (Wildman–Crippen LogP) is 4.92. The van der Waals surface area contributed by atoms with Crippen molar-refractivity contribution >= 4 is 17.0 Å². The summed E-state index contributed by atoms with van der Waals surface area (Å²) in [7, 11) is 0. The average Bonchev–Trinajstić information content (AvgIpc) is 3.01. The molecule has 2 aromatic heterocycles. The third-order valence-electron chi connectivity index (χ3n) is 7.12. The van der Waals surface area contributed by atoms with Crippen molar-refractivity contribution in [3.05, 3.63) is 30.4 Å². The Bertz CT molecular complexity index is 826. The van der Waals surface area contributed by atoms with Gasteiger partial charge < -0.3 is 5.32 Å². The van der Waals surface area contributed by atoms with Crippen molar-refractivity contribution < 1.29 is 0 Å². The quantitative estimate of drug-likeness (QED) is 0.865. The van der Waals surface area contributed by atoms with Crippen LogP contribution in [-0.4, -0.2) is 20.4 Å². The molecule has 4 heteroatoms. The molecule has 0 amide bonds. The van der Waals surface area contributed by atoms with Gasteiger partial charge in [0.05, 0.1) is 6.20 Å². The first-order valence-electron chi connectivity index (χ1n) is 9.93. The van der Waals surface area contributed by atoms with Gasteiger partial charge in [-0.1, -0.05) is 39.2 Å². The van der Waals surface area contributed by atoms with Crippen LogP contribution in [0.3, 0.4) is 0 Å². The van der Waals surface area contributed by atoms with E-state index in [1.807, 2.05) is 12.4 Å². The van der Waals surface area contributed by atoms with Crippen molar-refractivity contribution in [2.75, 3.05) is 5.32 Å². The average molecular weight is 336 g/mol. The molecule has 4 nitrogen and oxygen atoms in total. The predicted molar refractivity (Wildman–Crippen MR) is 101 cm³/mol. The second-order valence-electron chi connectivity index (χ2n) is 8.79. The summed E-state index contributed by atoms with van der Waals surface area (Å²) in [6, 6.07) is 0.576. The molecule has 2 bridgehead atoms. The van der Waals surface area contributed by atoms with Crippen molar-refractivity contribution in [1.29, 1.82) is 0 Å². The van der Waals surface area contributed by atoms with Gasteiger partial charge in [0, 0.05) is 18.4 Å². The number of fused-ring (bicyclic) bond motifs is 2. The number of nitrogens with zero attached hydrogens (tertiary/aromatic N) is 3. The van der Waals surface area contributed by atoms with Gasteiger partial charge in [-0.15, -0.1) is 0 Å². The van der Waals surface area contributed by atoms with E-state index in [0.717, 1.165) is 11.6 Å². The second kappa shape index (κ2) is 5.58. The molecule has 4 aliphatic rings. The van der Waals surface area contributed by atoms with E-state index in [2.05, 4.69) is 40.8 Å². The maximum absolute atomic E-state index is 5.01. The molecule has 0 aromatic carbocycles. The number of allylic oxidation sites excluding steroid dienone is 2. The molecule has 2 saturated carbocycles. The molecule has 4 aliphatic carbocycles. The van der Waals surface area contributed by atoms with Crippen LogP contribution in [0.25, 0.3) is 11.2 Å². The summed E-state index contributed by atoms with van der Waals surface area (Å²) in [4.78, 5) is 9.30. The molecule has 0 aliphatic heterocycles. The molecule has 2 aromatic rings. The number of imidazole rings is 1. The van der Waals surface area contributed by atoms with Crippen molar-refractivity contribution in [1.82, 2.24) is 14.4 Å². The van der Waals surface area contributed by atoms with E-state index in [-0.39, 0.29) is 0 Å². The molecule has 6 rings (SSSR count). The molecule has 2 fully saturated rings. The molecule has 25 heavy (non-hydrogen) atoms. The van der Waals surface area contributed by atoms with Crippen LogP contribution >= 0.6 is 0 Å². The second-order valence-corrected chi connectivity index (χ2v) is 8.79. The van der Waals surface area contributed by atoms with Gasteiger partial charge in [0.15, 0.2) is 5.65 Å². The van der Waals surface area contributed by atoms with Gasteiger partial charge in [-0.25, -0.2) is 4.98 Å². The zero-order valence-corrected chi connectivity index (χ0v) is 15.3. The lowest BCUT2D eigenvalue weighted by Gasteiger charge is -2.56. The highest BCUT2D eigenvalue weighted by molar-refractivity contribution is 5.78. The van der Waals surface area contributed by atoms with Crippen LogP contribution in [-0.2, 0) is 0 Å². The van der Waals surface area contributed by atoms with Gasteiger partial charge in [-0.3, -0.25) is 9.38 Å². The molecule has 1 unspecified atom stereocenters. The van der Waals surface area contributed by atoms with Gasteiger partial charge in [0.1, 0.15) is 11.5 Å². The monoisotopic (exact) mass is 336 g/mol. The Morgan fingerprint density at radius 1 is 1.20 bits per heavy atom. The van der Waals surface area contributed by atoms with E-state index in [1.165, 1.54) is 62.0 Å². The number of nitrogens with one attached hydrogen (secondary N) is 1. The van der Waals surface area contributed by atoms with Crippen molar-refractivity contribution in [2.45, 2.75) is 64.8 Å². The lowest BCUT2D eigenvalue weighted by atomic mass is 9.48. The van der Waals surface area contributed by atoms with Gasteiger partial charge in [-0.05, 0) is 48.5 Å². The molecule has 2 heterocycles. The van der Waals surface area contributed by atoms with Crippen molar-refractivity contribution in [3.63, 3.8) is 0 Å². The SMILES string of the molecule is CC1(C)C2C[C@@H]1CC=C2c1nc2cnccn2c1NC1CCCCC1. The van der Waals surface area contributed by atoms with E-state index in [4.69, 9.17) is 4.98 Å². The lowest BCUT2D eigenvalue weighted by molar-refractivity contribution is 0.0111. The Hall–Kier alpha value is -1.84. The van der Waals surface area contributed by atoms with E-state index in [1.54, 1.807) is 0 Å². The van der Waals surface area contributed by atoms with Gasteiger partial charge >= 0.3 is 0 Å². The summed E-state index contributed by atoms with van der Waals surface area (Å²) < 4.78 is 2.20. The third kappa shape index (κ3) is 2.33. The first-order chi connectivity index (χ1) is 12.1. The summed E-state index contributed by atoms with van der Waals surface area (Å²) >= 11 is 0. The van der Waals surface area contributed by atoms with Crippen LogP contribution in [0, 0.1) is 17.3 Å². The first kappa shape index (κ1) is 15.4. The molecular formula is C21H28N4. The van der Waals surface area contributed by atoms with Crippen LogP contribution in [0.2, 0.25) is 0 Å². The first-order valence-corrected chi connectivity index (χ1v) is 9.93. The molecule has 0 saturated heterocycles. The molecular weight excluding hydrogens is 308 g/mol. The van der Waals surface area contributed by atoms with E-state index in [9.17, 15) is 0 Å². The van der Waals surface area contributed by atoms with Crippen LogP contribution in [0.4, 0.5) is 5.82 Å². The van der Waals surface area contributed by atoms with E-state index in [0.29, 0.717) is 17.4 Å². The minimum atomic E-state index is 0.417. The number of rotatable bonds is 3. The molecule has 2 atom stereocenters. The summed E-state index contributed by atoms with van der Waals surface area (Å²) in [5, 5.41) is 3.87. The highest BCUT2D eigenvalue weighted by atomic mass is 15.2. The largest absolute Gasteiger partial charge is 0.367 e. The number of hydrogen-bond donors (Lipinski definition) is 1. The molecule has 1 N–H and O–H groups in total. The highest BCUT2D eigenvalue weighted by Crippen LogP contribution is 2.61. The van der Waals surface area contributed by atoms with Crippen LogP contribution in [0.15, 0.2) is 24.7 Å². The number of aromatic nitrogens is 3. The van der Waals surface area contributed by atoms with Crippen molar-refractivity contribution in [3.8, 4) is 0 Å². The van der Waals surface area contributed by atoms with Crippen LogP contribution in [0.5, 0.6) is 0 Å². The maximum atomic E-state index is 5.01. The molecule has 0 radical (unpaired) electrons. The summed E-state index contributed by atoms with van der Waals surface area (Å²) in [5.74, 6) is 2.70. The number of anilines is 1. The molecule has 132 valence electrons. The van der Waals surface area contributed by atoms with Crippen molar-refractivity contribution in [2.24, 2.45) is 17.3 Å². The van der Waals surface area contributed by atoms with Gasteiger partial charge in [0.2, 0.25) is 0 Å². The molecule has 0 spiro atoms. The minimum Gasteiger partial charge on any atom is -0.367 e. The number of hydrogen-bond acceptors (Lipinski definition) is 3. The Balaban J connectivity index is 1.58. The van der Waals surface area contributed by atoms with Gasteiger partial charge in [0.25, 0.3) is 0 Å². The summed E-state index contributed by atoms with van der Waals surface area (Å²) in [6.07, 6.45) is 17.4. The Morgan fingerprint density at radius 2 is 2.04 bits per heavy atom.